The minimum Gasteiger partial charge on any atom is -0.481 e. The van der Waals surface area contributed by atoms with Crippen LogP contribution in [0.3, 0.4) is 0 Å². The molecule has 0 unspecified atom stereocenters. The van der Waals surface area contributed by atoms with Crippen LogP contribution in [0.25, 0.3) is 0 Å². The average molecular weight is 316 g/mol. The molecule has 0 aromatic rings. The van der Waals surface area contributed by atoms with Crippen LogP contribution in [0.15, 0.2) is 0 Å². The zero-order valence-corrected chi connectivity index (χ0v) is 14.0. The normalized spacial score (nSPS) is 17.5. The number of hydrogen-bond acceptors (Lipinski definition) is 4. The van der Waals surface area contributed by atoms with Crippen molar-refractivity contribution in [2.24, 2.45) is 5.41 Å². The molecule has 0 radical (unpaired) electrons. The summed E-state index contributed by atoms with van der Waals surface area (Å²) in [5, 5.41) is 9.46. The van der Waals surface area contributed by atoms with Crippen LogP contribution in [0.4, 0.5) is 0 Å². The third-order valence-electron chi connectivity index (χ3n) is 4.38. The zero-order chi connectivity index (χ0) is 16.1. The number of unbranched alkanes of at least 4 members (excludes halogenated alkanes) is 1. The Morgan fingerprint density at radius 3 is 2.00 bits per heavy atom. The Kier molecular flexibility index (Phi) is 10.5. The van der Waals surface area contributed by atoms with Crippen molar-refractivity contribution in [1.82, 2.24) is 0 Å². The van der Waals surface area contributed by atoms with Gasteiger partial charge < -0.3 is 19.3 Å². The highest BCUT2D eigenvalue weighted by Gasteiger charge is 2.38. The van der Waals surface area contributed by atoms with Crippen LogP contribution >= 0.6 is 0 Å². The van der Waals surface area contributed by atoms with E-state index in [9.17, 15) is 9.90 Å². The van der Waals surface area contributed by atoms with Crippen molar-refractivity contribution < 1.29 is 24.1 Å². The maximum Gasteiger partial charge on any atom is 0.309 e. The van der Waals surface area contributed by atoms with Crippen molar-refractivity contribution in [3.8, 4) is 0 Å². The molecule has 5 nitrogen and oxygen atoms in total. The van der Waals surface area contributed by atoms with Crippen molar-refractivity contribution in [3.05, 3.63) is 0 Å². The van der Waals surface area contributed by atoms with Crippen molar-refractivity contribution in [3.63, 3.8) is 0 Å². The molecule has 0 bridgehead atoms. The van der Waals surface area contributed by atoms with Crippen LogP contribution in [-0.4, -0.2) is 50.7 Å². The molecule has 1 fully saturated rings. The summed E-state index contributed by atoms with van der Waals surface area (Å²) in [6.45, 7) is 5.71. The molecule has 22 heavy (non-hydrogen) atoms. The van der Waals surface area contributed by atoms with Crippen molar-refractivity contribution in [1.29, 1.82) is 0 Å². The summed E-state index contributed by atoms with van der Waals surface area (Å²) in [7, 11) is 0. The number of rotatable bonds is 13. The fourth-order valence-electron chi connectivity index (χ4n) is 2.86. The molecule has 1 saturated carbocycles. The molecule has 1 rings (SSSR count). The minimum atomic E-state index is -0.656. The van der Waals surface area contributed by atoms with Gasteiger partial charge in [0.25, 0.3) is 0 Å². The van der Waals surface area contributed by atoms with Gasteiger partial charge in [0.2, 0.25) is 0 Å². The molecule has 0 atom stereocenters. The Balaban J connectivity index is 1.97. The molecule has 0 aromatic heterocycles. The Labute approximate surface area is 134 Å². The van der Waals surface area contributed by atoms with E-state index in [1.807, 2.05) is 0 Å². The lowest BCUT2D eigenvalue weighted by Crippen LogP contribution is -2.34. The van der Waals surface area contributed by atoms with Crippen LogP contribution in [0.2, 0.25) is 0 Å². The third-order valence-corrected chi connectivity index (χ3v) is 4.38. The maximum atomic E-state index is 11.5. The smallest absolute Gasteiger partial charge is 0.309 e. The van der Waals surface area contributed by atoms with Gasteiger partial charge >= 0.3 is 5.97 Å². The molecule has 0 spiro atoms. The SMILES string of the molecule is CCCCOCCOCCOCCC1(C(=O)O)CCCCC1. The first kappa shape index (κ1) is 19.4. The number of ether oxygens (including phenoxy) is 3. The lowest BCUT2D eigenvalue weighted by atomic mass is 9.72. The summed E-state index contributed by atoms with van der Waals surface area (Å²) >= 11 is 0. The van der Waals surface area contributed by atoms with Gasteiger partial charge in [-0.3, -0.25) is 4.79 Å². The lowest BCUT2D eigenvalue weighted by molar-refractivity contribution is -0.152. The molecule has 0 saturated heterocycles. The van der Waals surface area contributed by atoms with Crippen molar-refractivity contribution in [2.75, 3.05) is 39.6 Å². The lowest BCUT2D eigenvalue weighted by Gasteiger charge is -2.33. The van der Waals surface area contributed by atoms with E-state index < -0.39 is 11.4 Å². The van der Waals surface area contributed by atoms with Crippen LogP contribution in [0.5, 0.6) is 0 Å². The van der Waals surface area contributed by atoms with Gasteiger partial charge in [0.05, 0.1) is 31.8 Å². The molecule has 0 aliphatic heterocycles. The highest BCUT2D eigenvalue weighted by Crippen LogP contribution is 2.39. The number of carboxylic acid groups (broad SMARTS) is 1. The van der Waals surface area contributed by atoms with Gasteiger partial charge in [-0.2, -0.15) is 0 Å². The fraction of sp³-hybridized carbons (Fsp3) is 0.941. The van der Waals surface area contributed by atoms with Gasteiger partial charge in [0.15, 0.2) is 0 Å². The van der Waals surface area contributed by atoms with E-state index in [2.05, 4.69) is 6.92 Å². The highest BCUT2D eigenvalue weighted by atomic mass is 16.5. The molecule has 1 aliphatic rings. The molecule has 0 amide bonds. The molecule has 5 heteroatoms. The standard InChI is InChI=1S/C17H32O5/c1-2-3-10-20-12-14-22-15-13-21-11-9-17(16(18)19)7-5-4-6-8-17/h2-15H2,1H3,(H,18,19). The van der Waals surface area contributed by atoms with E-state index >= 15 is 0 Å². The first-order valence-electron chi connectivity index (χ1n) is 8.68. The van der Waals surface area contributed by atoms with Gasteiger partial charge in [-0.25, -0.2) is 0 Å². The summed E-state index contributed by atoms with van der Waals surface area (Å²) < 4.78 is 16.3. The second kappa shape index (κ2) is 11.9. The molecule has 0 aromatic carbocycles. The predicted molar refractivity (Wildman–Crippen MR) is 85.1 cm³/mol. The zero-order valence-electron chi connectivity index (χ0n) is 14.0. The molecule has 130 valence electrons. The second-order valence-electron chi connectivity index (χ2n) is 6.09. The predicted octanol–water partition coefficient (Wildman–Crippen LogP) is 3.26. The Morgan fingerprint density at radius 1 is 0.909 bits per heavy atom. The topological polar surface area (TPSA) is 65.0 Å². The fourth-order valence-corrected chi connectivity index (χ4v) is 2.86. The third kappa shape index (κ3) is 7.56. The van der Waals surface area contributed by atoms with Gasteiger partial charge in [-0.15, -0.1) is 0 Å². The summed E-state index contributed by atoms with van der Waals surface area (Å²) in [5.74, 6) is -0.656. The number of aliphatic carboxylic acids is 1. The monoisotopic (exact) mass is 316 g/mol. The summed E-state index contributed by atoms with van der Waals surface area (Å²) in [6.07, 6.45) is 7.63. The maximum absolute atomic E-state index is 11.5. The van der Waals surface area contributed by atoms with E-state index in [1.165, 1.54) is 0 Å². The summed E-state index contributed by atoms with van der Waals surface area (Å²) in [4.78, 5) is 11.5. The van der Waals surface area contributed by atoms with Gasteiger partial charge in [-0.05, 0) is 25.7 Å². The summed E-state index contributed by atoms with van der Waals surface area (Å²) in [6, 6.07) is 0. The van der Waals surface area contributed by atoms with E-state index in [1.54, 1.807) is 0 Å². The molecular formula is C17H32O5. The van der Waals surface area contributed by atoms with E-state index in [-0.39, 0.29) is 0 Å². The Morgan fingerprint density at radius 2 is 1.45 bits per heavy atom. The first-order valence-corrected chi connectivity index (χ1v) is 8.68. The number of carboxylic acids is 1. The number of hydrogen-bond donors (Lipinski definition) is 1. The highest BCUT2D eigenvalue weighted by molar-refractivity contribution is 5.74. The van der Waals surface area contributed by atoms with Crippen molar-refractivity contribution >= 4 is 5.97 Å². The molecule has 1 N–H and O–H groups in total. The van der Waals surface area contributed by atoms with Crippen molar-refractivity contribution in [2.45, 2.75) is 58.3 Å². The van der Waals surface area contributed by atoms with Gasteiger partial charge in [-0.1, -0.05) is 32.6 Å². The second-order valence-corrected chi connectivity index (χ2v) is 6.09. The average Bonchev–Trinajstić information content (AvgIpc) is 2.53. The molecular weight excluding hydrogens is 284 g/mol. The van der Waals surface area contributed by atoms with Gasteiger partial charge in [0, 0.05) is 13.2 Å². The van der Waals surface area contributed by atoms with Crippen LogP contribution in [0, 0.1) is 5.41 Å². The molecule has 0 heterocycles. The Bertz CT molecular complexity index is 287. The summed E-state index contributed by atoms with van der Waals surface area (Å²) in [5.41, 5.74) is -0.549. The van der Waals surface area contributed by atoms with Crippen LogP contribution < -0.4 is 0 Å². The molecule has 1 aliphatic carbocycles. The number of carbonyl (C=O) groups is 1. The van der Waals surface area contributed by atoms with Crippen LogP contribution in [0.1, 0.15) is 58.3 Å². The van der Waals surface area contributed by atoms with Crippen LogP contribution in [-0.2, 0) is 19.0 Å². The van der Waals surface area contributed by atoms with E-state index in [0.717, 1.165) is 51.6 Å². The Hall–Kier alpha value is -0.650. The first-order chi connectivity index (χ1) is 10.7. The largest absolute Gasteiger partial charge is 0.481 e. The minimum absolute atomic E-state index is 0.503. The van der Waals surface area contributed by atoms with Gasteiger partial charge in [0.1, 0.15) is 0 Å². The van der Waals surface area contributed by atoms with E-state index in [0.29, 0.717) is 39.5 Å². The quantitative estimate of drug-likeness (QED) is 0.528. The van der Waals surface area contributed by atoms with E-state index in [4.69, 9.17) is 14.2 Å².